The molecule has 0 radical (unpaired) electrons. The molecule has 0 fully saturated rings. The fourth-order valence-corrected chi connectivity index (χ4v) is 1.03. The van der Waals surface area contributed by atoms with E-state index in [1.54, 1.807) is 6.20 Å². The summed E-state index contributed by atoms with van der Waals surface area (Å²) in [6, 6.07) is 0. The standard InChI is InChI=1S/C7H6N4O2/c12-4-6-7(13)3-10-11(6)5-1-8-9-2-5/h1-4,13H,(H,8,9). The molecule has 6 heteroatoms. The third-order valence-corrected chi connectivity index (χ3v) is 1.63. The molecule has 0 saturated heterocycles. The van der Waals surface area contributed by atoms with E-state index >= 15 is 0 Å². The van der Waals surface area contributed by atoms with Gasteiger partial charge in [0.25, 0.3) is 0 Å². The van der Waals surface area contributed by atoms with Gasteiger partial charge in [-0.15, -0.1) is 0 Å². The zero-order valence-electron chi connectivity index (χ0n) is 6.51. The molecular weight excluding hydrogens is 172 g/mol. The van der Waals surface area contributed by atoms with E-state index in [2.05, 4.69) is 15.3 Å². The third-order valence-electron chi connectivity index (χ3n) is 1.63. The van der Waals surface area contributed by atoms with Crippen LogP contribution in [0.5, 0.6) is 5.75 Å². The molecule has 0 spiro atoms. The number of carbonyl (C=O) groups excluding carboxylic acids is 1. The van der Waals surface area contributed by atoms with Crippen LogP contribution >= 0.6 is 0 Å². The highest BCUT2D eigenvalue weighted by atomic mass is 16.3. The molecule has 0 aromatic carbocycles. The van der Waals surface area contributed by atoms with Crippen LogP contribution in [0.1, 0.15) is 10.5 Å². The van der Waals surface area contributed by atoms with Crippen molar-refractivity contribution in [1.29, 1.82) is 0 Å². The normalized spacial score (nSPS) is 10.2. The fourth-order valence-electron chi connectivity index (χ4n) is 1.03. The quantitative estimate of drug-likeness (QED) is 0.639. The van der Waals surface area contributed by atoms with Crippen LogP contribution in [0.2, 0.25) is 0 Å². The monoisotopic (exact) mass is 178 g/mol. The van der Waals surface area contributed by atoms with Crippen LogP contribution in [0, 0.1) is 0 Å². The second kappa shape index (κ2) is 2.74. The first kappa shape index (κ1) is 7.53. The lowest BCUT2D eigenvalue weighted by molar-refractivity contribution is 0.111. The second-order valence-electron chi connectivity index (χ2n) is 2.40. The summed E-state index contributed by atoms with van der Waals surface area (Å²) in [6.45, 7) is 0. The van der Waals surface area contributed by atoms with Crippen LogP contribution in [0.15, 0.2) is 18.6 Å². The number of H-pyrrole nitrogens is 1. The van der Waals surface area contributed by atoms with E-state index < -0.39 is 0 Å². The smallest absolute Gasteiger partial charge is 0.172 e. The van der Waals surface area contributed by atoms with E-state index in [0.29, 0.717) is 12.0 Å². The number of hydrogen-bond donors (Lipinski definition) is 2. The Labute approximate surface area is 72.8 Å². The van der Waals surface area contributed by atoms with Gasteiger partial charge in [0.1, 0.15) is 11.4 Å². The summed E-state index contributed by atoms with van der Waals surface area (Å²) in [5.74, 6) is -0.142. The molecule has 2 aromatic rings. The summed E-state index contributed by atoms with van der Waals surface area (Å²) in [5.41, 5.74) is 0.712. The van der Waals surface area contributed by atoms with E-state index in [4.69, 9.17) is 0 Å². The topological polar surface area (TPSA) is 83.8 Å². The first-order valence-corrected chi connectivity index (χ1v) is 3.54. The Kier molecular flexibility index (Phi) is 1.59. The largest absolute Gasteiger partial charge is 0.504 e. The molecule has 0 aliphatic rings. The summed E-state index contributed by atoms with van der Waals surface area (Å²) in [4.78, 5) is 10.6. The summed E-state index contributed by atoms with van der Waals surface area (Å²) in [5, 5.41) is 19.3. The van der Waals surface area contributed by atoms with Crippen molar-refractivity contribution in [3.8, 4) is 11.4 Å². The lowest BCUT2D eigenvalue weighted by Crippen LogP contribution is -1.99. The molecule has 2 N–H and O–H groups in total. The van der Waals surface area contributed by atoms with Gasteiger partial charge in [-0.1, -0.05) is 0 Å². The van der Waals surface area contributed by atoms with Gasteiger partial charge in [-0.25, -0.2) is 4.68 Å². The predicted molar refractivity (Wildman–Crippen MR) is 42.8 cm³/mol. The number of hydrogen-bond acceptors (Lipinski definition) is 4. The zero-order chi connectivity index (χ0) is 9.26. The lowest BCUT2D eigenvalue weighted by atomic mass is 10.4. The van der Waals surface area contributed by atoms with Crippen molar-refractivity contribution in [2.75, 3.05) is 0 Å². The van der Waals surface area contributed by atoms with Gasteiger partial charge in [-0.2, -0.15) is 10.2 Å². The molecule has 6 nitrogen and oxygen atoms in total. The van der Waals surface area contributed by atoms with E-state index in [-0.39, 0.29) is 11.4 Å². The molecular formula is C7H6N4O2. The van der Waals surface area contributed by atoms with Gasteiger partial charge in [0.05, 0.1) is 12.4 Å². The van der Waals surface area contributed by atoms with E-state index in [0.717, 1.165) is 0 Å². The average molecular weight is 178 g/mol. The van der Waals surface area contributed by atoms with E-state index in [1.807, 2.05) is 0 Å². The Morgan fingerprint density at radius 1 is 1.54 bits per heavy atom. The molecule has 2 rings (SSSR count). The van der Waals surface area contributed by atoms with Gasteiger partial charge < -0.3 is 5.11 Å². The van der Waals surface area contributed by atoms with Crippen molar-refractivity contribution in [2.24, 2.45) is 0 Å². The Morgan fingerprint density at radius 2 is 2.38 bits per heavy atom. The first-order valence-electron chi connectivity index (χ1n) is 3.54. The van der Waals surface area contributed by atoms with Crippen molar-refractivity contribution < 1.29 is 9.90 Å². The highest BCUT2D eigenvalue weighted by molar-refractivity contribution is 5.77. The van der Waals surface area contributed by atoms with Crippen molar-refractivity contribution in [1.82, 2.24) is 20.0 Å². The highest BCUT2D eigenvalue weighted by Gasteiger charge is 2.10. The molecule has 0 saturated carbocycles. The minimum absolute atomic E-state index is 0.112. The van der Waals surface area contributed by atoms with Gasteiger partial charge in [0.2, 0.25) is 0 Å². The molecule has 0 unspecified atom stereocenters. The summed E-state index contributed by atoms with van der Waals surface area (Å²) < 4.78 is 1.30. The van der Waals surface area contributed by atoms with Crippen molar-refractivity contribution in [3.63, 3.8) is 0 Å². The molecule has 0 aliphatic carbocycles. The number of nitrogens with zero attached hydrogens (tertiary/aromatic N) is 3. The van der Waals surface area contributed by atoms with E-state index in [9.17, 15) is 9.90 Å². The highest BCUT2D eigenvalue weighted by Crippen LogP contribution is 2.16. The van der Waals surface area contributed by atoms with Gasteiger partial charge >= 0.3 is 0 Å². The number of aromatic amines is 1. The molecule has 0 amide bonds. The minimum Gasteiger partial charge on any atom is -0.504 e. The van der Waals surface area contributed by atoms with Gasteiger partial charge in [-0.05, 0) is 0 Å². The van der Waals surface area contributed by atoms with Gasteiger partial charge in [0.15, 0.2) is 12.0 Å². The SMILES string of the molecule is O=Cc1c(O)cnn1-c1cn[nH]c1. The maximum absolute atomic E-state index is 10.6. The molecule has 2 heterocycles. The van der Waals surface area contributed by atoms with Crippen LogP contribution in [-0.2, 0) is 0 Å². The second-order valence-corrected chi connectivity index (χ2v) is 2.40. The summed E-state index contributed by atoms with van der Waals surface area (Å²) >= 11 is 0. The van der Waals surface area contributed by atoms with Crippen LogP contribution in [0.3, 0.4) is 0 Å². The van der Waals surface area contributed by atoms with Crippen LogP contribution < -0.4 is 0 Å². The number of nitrogens with one attached hydrogen (secondary N) is 1. The Balaban J connectivity index is 2.58. The van der Waals surface area contributed by atoms with Crippen LogP contribution in [0.25, 0.3) is 5.69 Å². The maximum atomic E-state index is 10.6. The Morgan fingerprint density at radius 3 is 3.00 bits per heavy atom. The fraction of sp³-hybridized carbons (Fsp3) is 0. The maximum Gasteiger partial charge on any atom is 0.172 e. The zero-order valence-corrected chi connectivity index (χ0v) is 6.51. The predicted octanol–water partition coefficient (Wildman–Crippen LogP) is 0.113. The van der Waals surface area contributed by atoms with Crippen molar-refractivity contribution in [3.05, 3.63) is 24.3 Å². The van der Waals surface area contributed by atoms with Gasteiger partial charge in [-0.3, -0.25) is 9.89 Å². The number of aromatic nitrogens is 4. The molecule has 0 bridgehead atoms. The van der Waals surface area contributed by atoms with Crippen LogP contribution in [0.4, 0.5) is 0 Å². The lowest BCUT2D eigenvalue weighted by Gasteiger charge is -1.96. The minimum atomic E-state index is -0.142. The molecule has 0 atom stereocenters. The average Bonchev–Trinajstić information content (AvgIpc) is 2.71. The van der Waals surface area contributed by atoms with Gasteiger partial charge in [0, 0.05) is 6.20 Å². The van der Waals surface area contributed by atoms with Crippen LogP contribution in [-0.4, -0.2) is 31.4 Å². The first-order chi connectivity index (χ1) is 6.33. The number of rotatable bonds is 2. The molecule has 13 heavy (non-hydrogen) atoms. The van der Waals surface area contributed by atoms with E-state index in [1.165, 1.54) is 17.1 Å². The number of carbonyl (C=O) groups is 1. The van der Waals surface area contributed by atoms with Crippen molar-refractivity contribution >= 4 is 6.29 Å². The summed E-state index contributed by atoms with van der Waals surface area (Å²) in [7, 11) is 0. The molecule has 2 aromatic heterocycles. The summed E-state index contributed by atoms with van der Waals surface area (Å²) in [6.07, 6.45) is 4.81. The molecule has 0 aliphatic heterocycles. The van der Waals surface area contributed by atoms with Crippen molar-refractivity contribution in [2.45, 2.75) is 0 Å². The Bertz CT molecular complexity index is 418. The number of aromatic hydroxyl groups is 1. The third kappa shape index (κ3) is 1.08. The Hall–Kier alpha value is -2.11. The number of aldehydes is 1. The molecule has 66 valence electrons.